The molecule has 1 aromatic carbocycles. The van der Waals surface area contributed by atoms with Crippen LogP contribution in [-0.4, -0.2) is 35.7 Å². The minimum absolute atomic E-state index is 0.0287. The van der Waals surface area contributed by atoms with Crippen LogP contribution in [-0.2, 0) is 11.2 Å². The molecular formula is C16H19ClN4O2. The quantitative estimate of drug-likeness (QED) is 0.843. The van der Waals surface area contributed by atoms with E-state index < -0.39 is 0 Å². The standard InChI is InChI=1S/C16H19ClN4O2/c1-10(12-8-18-9-12)16(22)19-6-5-14-20-15(21-23-14)11-3-2-4-13(17)7-11/h2-4,7,10,12,18H,5-6,8-9H2,1H3,(H,19,22). The van der Waals surface area contributed by atoms with E-state index in [4.69, 9.17) is 16.1 Å². The minimum Gasteiger partial charge on any atom is -0.355 e. The van der Waals surface area contributed by atoms with Crippen LogP contribution in [0.1, 0.15) is 12.8 Å². The van der Waals surface area contributed by atoms with Crippen LogP contribution in [0.2, 0.25) is 5.02 Å². The van der Waals surface area contributed by atoms with Crippen LogP contribution < -0.4 is 10.6 Å². The van der Waals surface area contributed by atoms with Gasteiger partial charge >= 0.3 is 0 Å². The second-order valence-corrected chi connectivity index (χ2v) is 6.21. The lowest BCUT2D eigenvalue weighted by Gasteiger charge is -2.31. The van der Waals surface area contributed by atoms with E-state index >= 15 is 0 Å². The van der Waals surface area contributed by atoms with Crippen molar-refractivity contribution in [3.8, 4) is 11.4 Å². The molecule has 1 amide bonds. The number of carbonyl (C=O) groups excluding carboxylic acids is 1. The molecule has 1 unspecified atom stereocenters. The topological polar surface area (TPSA) is 80.1 Å². The van der Waals surface area contributed by atoms with Crippen molar-refractivity contribution in [1.29, 1.82) is 0 Å². The van der Waals surface area contributed by atoms with E-state index in [1.807, 2.05) is 19.1 Å². The first kappa shape index (κ1) is 16.0. The van der Waals surface area contributed by atoms with Crippen molar-refractivity contribution in [1.82, 2.24) is 20.8 Å². The number of aromatic nitrogens is 2. The number of nitrogens with one attached hydrogen (secondary N) is 2. The van der Waals surface area contributed by atoms with Crippen molar-refractivity contribution in [2.45, 2.75) is 13.3 Å². The number of nitrogens with zero attached hydrogens (tertiary/aromatic N) is 2. The molecule has 6 nitrogen and oxygen atoms in total. The van der Waals surface area contributed by atoms with Gasteiger partial charge in [-0.1, -0.05) is 35.8 Å². The Labute approximate surface area is 139 Å². The van der Waals surface area contributed by atoms with Gasteiger partial charge in [-0.15, -0.1) is 0 Å². The zero-order valence-corrected chi connectivity index (χ0v) is 13.6. The monoisotopic (exact) mass is 334 g/mol. The van der Waals surface area contributed by atoms with E-state index in [-0.39, 0.29) is 11.8 Å². The molecule has 1 aliphatic heterocycles. The van der Waals surface area contributed by atoms with E-state index in [0.29, 0.717) is 35.6 Å². The number of hydrogen-bond acceptors (Lipinski definition) is 5. The Kier molecular flexibility index (Phi) is 4.93. The van der Waals surface area contributed by atoms with Gasteiger partial charge in [0.25, 0.3) is 0 Å². The van der Waals surface area contributed by atoms with E-state index in [9.17, 15) is 4.79 Å². The summed E-state index contributed by atoms with van der Waals surface area (Å²) in [5.74, 6) is 1.54. The summed E-state index contributed by atoms with van der Waals surface area (Å²) in [7, 11) is 0. The molecule has 0 bridgehead atoms. The first-order valence-electron chi connectivity index (χ1n) is 7.70. The summed E-state index contributed by atoms with van der Waals surface area (Å²) < 4.78 is 5.22. The number of halogens is 1. The van der Waals surface area contributed by atoms with Crippen LogP contribution in [0.5, 0.6) is 0 Å². The number of rotatable bonds is 6. The third-order valence-corrected chi connectivity index (χ3v) is 4.36. The molecule has 1 aromatic heterocycles. The van der Waals surface area contributed by atoms with Gasteiger partial charge < -0.3 is 15.2 Å². The number of hydrogen-bond donors (Lipinski definition) is 2. The maximum Gasteiger partial charge on any atom is 0.228 e. The molecule has 122 valence electrons. The van der Waals surface area contributed by atoms with Crippen LogP contribution in [0.15, 0.2) is 28.8 Å². The van der Waals surface area contributed by atoms with Gasteiger partial charge in [0, 0.05) is 29.5 Å². The largest absolute Gasteiger partial charge is 0.355 e. The van der Waals surface area contributed by atoms with Crippen LogP contribution in [0, 0.1) is 11.8 Å². The van der Waals surface area contributed by atoms with E-state index in [2.05, 4.69) is 20.8 Å². The fourth-order valence-corrected chi connectivity index (χ4v) is 2.62. The van der Waals surface area contributed by atoms with E-state index in [0.717, 1.165) is 18.7 Å². The summed E-state index contributed by atoms with van der Waals surface area (Å²) in [6.45, 7) is 4.29. The molecule has 1 fully saturated rings. The maximum atomic E-state index is 12.0. The highest BCUT2D eigenvalue weighted by molar-refractivity contribution is 6.30. The smallest absolute Gasteiger partial charge is 0.228 e. The molecule has 3 rings (SSSR count). The van der Waals surface area contributed by atoms with Gasteiger partial charge in [-0.25, -0.2) is 0 Å². The average Bonchev–Trinajstić information content (AvgIpc) is 2.94. The molecule has 0 saturated carbocycles. The summed E-state index contributed by atoms with van der Waals surface area (Å²) in [6.07, 6.45) is 0.509. The first-order chi connectivity index (χ1) is 11.1. The van der Waals surface area contributed by atoms with Gasteiger partial charge in [-0.05, 0) is 31.1 Å². The Hall–Kier alpha value is -1.92. The Bertz CT molecular complexity index is 684. The number of amides is 1. The number of carbonyl (C=O) groups is 1. The maximum absolute atomic E-state index is 12.0. The van der Waals surface area contributed by atoms with Gasteiger partial charge in [-0.2, -0.15) is 4.98 Å². The summed E-state index contributed by atoms with van der Waals surface area (Å²) in [4.78, 5) is 16.3. The summed E-state index contributed by atoms with van der Waals surface area (Å²) in [5.41, 5.74) is 0.808. The lowest BCUT2D eigenvalue weighted by atomic mass is 9.88. The highest BCUT2D eigenvalue weighted by Crippen LogP contribution is 2.20. The fourth-order valence-electron chi connectivity index (χ4n) is 2.43. The molecule has 23 heavy (non-hydrogen) atoms. The average molecular weight is 335 g/mol. The van der Waals surface area contributed by atoms with E-state index in [1.54, 1.807) is 12.1 Å². The normalized spacial score (nSPS) is 15.9. The molecule has 2 heterocycles. The predicted octanol–water partition coefficient (Wildman–Crippen LogP) is 1.90. The molecule has 0 spiro atoms. The van der Waals surface area contributed by atoms with Crippen molar-refractivity contribution in [3.05, 3.63) is 35.2 Å². The van der Waals surface area contributed by atoms with Crippen molar-refractivity contribution in [2.75, 3.05) is 19.6 Å². The molecule has 1 saturated heterocycles. The molecule has 2 N–H and O–H groups in total. The molecular weight excluding hydrogens is 316 g/mol. The molecule has 0 aliphatic carbocycles. The van der Waals surface area contributed by atoms with Crippen molar-refractivity contribution < 1.29 is 9.32 Å². The Balaban J connectivity index is 1.50. The number of benzene rings is 1. The van der Waals surface area contributed by atoms with Crippen LogP contribution >= 0.6 is 11.6 Å². The van der Waals surface area contributed by atoms with Gasteiger partial charge in [0.15, 0.2) is 0 Å². The zero-order chi connectivity index (χ0) is 16.2. The summed E-state index contributed by atoms with van der Waals surface area (Å²) in [6, 6.07) is 7.29. The lowest BCUT2D eigenvalue weighted by Crippen LogP contribution is -2.49. The van der Waals surface area contributed by atoms with Gasteiger partial charge in [0.2, 0.25) is 17.6 Å². The molecule has 1 aliphatic rings. The SMILES string of the molecule is CC(C(=O)NCCc1nc(-c2cccc(Cl)c2)no1)C1CNC1. The third kappa shape index (κ3) is 3.89. The van der Waals surface area contributed by atoms with Crippen LogP contribution in [0.4, 0.5) is 0 Å². The minimum atomic E-state index is 0.0287. The Morgan fingerprint density at radius 2 is 2.35 bits per heavy atom. The van der Waals surface area contributed by atoms with Crippen LogP contribution in [0.3, 0.4) is 0 Å². The second kappa shape index (κ2) is 7.10. The van der Waals surface area contributed by atoms with Gasteiger partial charge in [0.1, 0.15) is 0 Å². The first-order valence-corrected chi connectivity index (χ1v) is 8.08. The van der Waals surface area contributed by atoms with Crippen molar-refractivity contribution in [3.63, 3.8) is 0 Å². The highest BCUT2D eigenvalue weighted by atomic mass is 35.5. The summed E-state index contributed by atoms with van der Waals surface area (Å²) >= 11 is 5.95. The van der Waals surface area contributed by atoms with Crippen molar-refractivity contribution in [2.24, 2.45) is 11.8 Å². The Morgan fingerprint density at radius 1 is 1.52 bits per heavy atom. The Morgan fingerprint density at radius 3 is 3.04 bits per heavy atom. The third-order valence-electron chi connectivity index (χ3n) is 4.12. The molecule has 0 radical (unpaired) electrons. The molecule has 2 aromatic rings. The lowest BCUT2D eigenvalue weighted by molar-refractivity contribution is -0.126. The van der Waals surface area contributed by atoms with Gasteiger partial charge in [0.05, 0.1) is 0 Å². The van der Waals surface area contributed by atoms with Crippen LogP contribution in [0.25, 0.3) is 11.4 Å². The zero-order valence-electron chi connectivity index (χ0n) is 12.9. The van der Waals surface area contributed by atoms with Crippen molar-refractivity contribution >= 4 is 17.5 Å². The fraction of sp³-hybridized carbons (Fsp3) is 0.438. The second-order valence-electron chi connectivity index (χ2n) is 5.77. The highest BCUT2D eigenvalue weighted by Gasteiger charge is 2.28. The van der Waals surface area contributed by atoms with E-state index in [1.165, 1.54) is 0 Å². The summed E-state index contributed by atoms with van der Waals surface area (Å²) in [5, 5.41) is 10.7. The van der Waals surface area contributed by atoms with Gasteiger partial charge in [-0.3, -0.25) is 4.79 Å². The predicted molar refractivity (Wildman–Crippen MR) is 87.0 cm³/mol. The molecule has 7 heteroatoms. The molecule has 1 atom stereocenters.